The van der Waals surface area contributed by atoms with Gasteiger partial charge in [0.25, 0.3) is 5.91 Å². The molecule has 0 heterocycles. The molecule has 0 radical (unpaired) electrons. The summed E-state index contributed by atoms with van der Waals surface area (Å²) in [6.45, 7) is 1.90. The fourth-order valence-corrected chi connectivity index (χ4v) is 1.53. The standard InChI is InChI=1S/C12H14F2N2O4/c1-7(2-3-17)6-15-12(18)8-4-10(14)11(16(19)20)5-9(8)13/h4-5,7,17H,2-3,6H2,1H3,(H,15,18). The van der Waals surface area contributed by atoms with Gasteiger partial charge < -0.3 is 10.4 Å². The third-order valence-electron chi connectivity index (χ3n) is 2.71. The number of aliphatic hydroxyl groups is 1. The van der Waals surface area contributed by atoms with E-state index < -0.39 is 33.7 Å². The Morgan fingerprint density at radius 3 is 2.65 bits per heavy atom. The summed E-state index contributed by atoms with van der Waals surface area (Å²) in [7, 11) is 0. The molecule has 6 nitrogen and oxygen atoms in total. The molecule has 1 atom stereocenters. The molecule has 0 aliphatic carbocycles. The number of nitrogens with one attached hydrogen (secondary N) is 1. The first-order valence-corrected chi connectivity index (χ1v) is 5.89. The van der Waals surface area contributed by atoms with Crippen molar-refractivity contribution < 1.29 is 23.6 Å². The van der Waals surface area contributed by atoms with Gasteiger partial charge in [0.15, 0.2) is 0 Å². The second-order valence-electron chi connectivity index (χ2n) is 4.37. The molecule has 2 N–H and O–H groups in total. The number of aliphatic hydroxyl groups excluding tert-OH is 1. The quantitative estimate of drug-likeness (QED) is 0.614. The van der Waals surface area contributed by atoms with E-state index in [1.54, 1.807) is 6.92 Å². The molecule has 0 aromatic heterocycles. The summed E-state index contributed by atoms with van der Waals surface area (Å²) in [6.07, 6.45) is 0.456. The van der Waals surface area contributed by atoms with E-state index in [4.69, 9.17) is 5.11 Å². The number of amides is 1. The summed E-state index contributed by atoms with van der Waals surface area (Å²) in [5.41, 5.74) is -1.61. The average molecular weight is 288 g/mol. The second-order valence-corrected chi connectivity index (χ2v) is 4.37. The summed E-state index contributed by atoms with van der Waals surface area (Å²) < 4.78 is 26.9. The van der Waals surface area contributed by atoms with Crippen molar-refractivity contribution in [3.05, 3.63) is 39.4 Å². The molecular weight excluding hydrogens is 274 g/mol. The third kappa shape index (κ3) is 3.95. The van der Waals surface area contributed by atoms with Crippen LogP contribution in [-0.2, 0) is 0 Å². The van der Waals surface area contributed by atoms with Crippen LogP contribution in [0.3, 0.4) is 0 Å². The van der Waals surface area contributed by atoms with Gasteiger partial charge in [-0.1, -0.05) is 6.92 Å². The van der Waals surface area contributed by atoms with E-state index in [0.29, 0.717) is 18.6 Å². The third-order valence-corrected chi connectivity index (χ3v) is 2.71. The van der Waals surface area contributed by atoms with E-state index in [9.17, 15) is 23.7 Å². The van der Waals surface area contributed by atoms with Crippen molar-refractivity contribution in [1.82, 2.24) is 5.32 Å². The molecule has 1 aromatic carbocycles. The van der Waals surface area contributed by atoms with E-state index in [0.717, 1.165) is 0 Å². The molecular formula is C12H14F2N2O4. The first-order valence-electron chi connectivity index (χ1n) is 5.89. The van der Waals surface area contributed by atoms with E-state index in [1.165, 1.54) is 0 Å². The van der Waals surface area contributed by atoms with Gasteiger partial charge in [-0.3, -0.25) is 14.9 Å². The Bertz CT molecular complexity index is 522. The van der Waals surface area contributed by atoms with Gasteiger partial charge in [0.1, 0.15) is 5.82 Å². The Hall–Kier alpha value is -2.09. The monoisotopic (exact) mass is 288 g/mol. The van der Waals surface area contributed by atoms with Gasteiger partial charge in [-0.2, -0.15) is 4.39 Å². The van der Waals surface area contributed by atoms with Crippen LogP contribution >= 0.6 is 0 Å². The van der Waals surface area contributed by atoms with Gasteiger partial charge in [0, 0.05) is 13.2 Å². The minimum atomic E-state index is -1.27. The molecule has 0 saturated carbocycles. The van der Waals surface area contributed by atoms with Crippen LogP contribution in [0, 0.1) is 27.7 Å². The van der Waals surface area contributed by atoms with Crippen molar-refractivity contribution in [3.63, 3.8) is 0 Å². The second kappa shape index (κ2) is 6.90. The minimum absolute atomic E-state index is 0.0325. The molecule has 1 aromatic rings. The van der Waals surface area contributed by atoms with Crippen LogP contribution in [0.1, 0.15) is 23.7 Å². The van der Waals surface area contributed by atoms with Crippen molar-refractivity contribution in [2.75, 3.05) is 13.2 Å². The average Bonchev–Trinajstić information content (AvgIpc) is 2.38. The fourth-order valence-electron chi connectivity index (χ4n) is 1.53. The summed E-state index contributed by atoms with van der Waals surface area (Å²) in [4.78, 5) is 21.0. The van der Waals surface area contributed by atoms with Gasteiger partial charge in [-0.05, 0) is 18.4 Å². The van der Waals surface area contributed by atoms with Crippen LogP contribution in [0.25, 0.3) is 0 Å². The van der Waals surface area contributed by atoms with E-state index in [-0.39, 0.29) is 19.1 Å². The van der Waals surface area contributed by atoms with Crippen molar-refractivity contribution in [1.29, 1.82) is 0 Å². The van der Waals surface area contributed by atoms with Crippen LogP contribution < -0.4 is 5.32 Å². The van der Waals surface area contributed by atoms with Gasteiger partial charge in [-0.25, -0.2) is 4.39 Å². The van der Waals surface area contributed by atoms with E-state index in [2.05, 4.69) is 5.32 Å². The van der Waals surface area contributed by atoms with Crippen molar-refractivity contribution in [2.24, 2.45) is 5.92 Å². The van der Waals surface area contributed by atoms with Crippen molar-refractivity contribution in [3.8, 4) is 0 Å². The highest BCUT2D eigenvalue weighted by atomic mass is 19.1. The van der Waals surface area contributed by atoms with Crippen molar-refractivity contribution >= 4 is 11.6 Å². The largest absolute Gasteiger partial charge is 0.396 e. The lowest BCUT2D eigenvalue weighted by Crippen LogP contribution is -2.29. The number of nitrogens with zero attached hydrogens (tertiary/aromatic N) is 1. The minimum Gasteiger partial charge on any atom is -0.396 e. The lowest BCUT2D eigenvalue weighted by Gasteiger charge is -2.11. The number of carbonyl (C=O) groups is 1. The van der Waals surface area contributed by atoms with Gasteiger partial charge in [0.2, 0.25) is 5.82 Å². The van der Waals surface area contributed by atoms with Crippen LogP contribution in [0.15, 0.2) is 12.1 Å². The molecule has 20 heavy (non-hydrogen) atoms. The smallest absolute Gasteiger partial charge is 0.307 e. The highest BCUT2D eigenvalue weighted by Crippen LogP contribution is 2.21. The summed E-state index contributed by atoms with van der Waals surface area (Å²) in [6, 6.07) is 0.876. The topological polar surface area (TPSA) is 92.5 Å². The number of halogens is 2. The molecule has 0 spiro atoms. The van der Waals surface area contributed by atoms with Crippen LogP contribution in [0.5, 0.6) is 0 Å². The summed E-state index contributed by atoms with van der Waals surface area (Å²) in [5, 5.41) is 21.5. The molecule has 1 rings (SSSR count). The Labute approximate surface area is 113 Å². The normalized spacial score (nSPS) is 12.0. The SMILES string of the molecule is CC(CCO)CNC(=O)c1cc(F)c([N+](=O)[O-])cc1F. The first-order chi connectivity index (χ1) is 9.36. The number of hydrogen-bond donors (Lipinski definition) is 2. The number of nitro benzene ring substituents is 1. The molecule has 0 saturated heterocycles. The lowest BCUT2D eigenvalue weighted by molar-refractivity contribution is -0.387. The number of rotatable bonds is 6. The molecule has 0 fully saturated rings. The first kappa shape index (κ1) is 16.0. The zero-order chi connectivity index (χ0) is 15.3. The molecule has 1 amide bonds. The van der Waals surface area contributed by atoms with Crippen LogP contribution in [0.4, 0.5) is 14.5 Å². The predicted molar refractivity (Wildman–Crippen MR) is 66.2 cm³/mol. The highest BCUT2D eigenvalue weighted by molar-refractivity contribution is 5.94. The number of carbonyl (C=O) groups excluding carboxylic acids is 1. The Balaban J connectivity index is 2.84. The van der Waals surface area contributed by atoms with Gasteiger partial charge >= 0.3 is 5.69 Å². The Morgan fingerprint density at radius 2 is 2.10 bits per heavy atom. The predicted octanol–water partition coefficient (Wildman–Crippen LogP) is 1.62. The summed E-state index contributed by atoms with van der Waals surface area (Å²) >= 11 is 0. The zero-order valence-electron chi connectivity index (χ0n) is 10.7. The molecule has 1 unspecified atom stereocenters. The van der Waals surface area contributed by atoms with Crippen LogP contribution in [-0.4, -0.2) is 29.1 Å². The fraction of sp³-hybridized carbons (Fsp3) is 0.417. The maximum Gasteiger partial charge on any atom is 0.307 e. The molecule has 0 aliphatic heterocycles. The zero-order valence-corrected chi connectivity index (χ0v) is 10.7. The summed E-state index contributed by atoms with van der Waals surface area (Å²) in [5.74, 6) is -3.33. The molecule has 110 valence electrons. The van der Waals surface area contributed by atoms with Crippen molar-refractivity contribution in [2.45, 2.75) is 13.3 Å². The Morgan fingerprint density at radius 1 is 1.45 bits per heavy atom. The molecule has 0 aliphatic rings. The van der Waals surface area contributed by atoms with Crippen LogP contribution in [0.2, 0.25) is 0 Å². The van der Waals surface area contributed by atoms with Gasteiger partial charge in [-0.15, -0.1) is 0 Å². The number of benzene rings is 1. The Kier molecular flexibility index (Phi) is 5.51. The lowest BCUT2D eigenvalue weighted by atomic mass is 10.1. The maximum atomic E-state index is 13.5. The molecule has 0 bridgehead atoms. The number of hydrogen-bond acceptors (Lipinski definition) is 4. The van der Waals surface area contributed by atoms with Gasteiger partial charge in [0.05, 0.1) is 16.6 Å². The van der Waals surface area contributed by atoms with E-state index in [1.807, 2.05) is 0 Å². The van der Waals surface area contributed by atoms with E-state index >= 15 is 0 Å². The highest BCUT2D eigenvalue weighted by Gasteiger charge is 2.22. The molecule has 8 heteroatoms. The number of nitro groups is 1. The maximum absolute atomic E-state index is 13.5.